The smallest absolute Gasteiger partial charge is 0.333 e. The van der Waals surface area contributed by atoms with Gasteiger partial charge in [-0.2, -0.15) is 5.10 Å². The van der Waals surface area contributed by atoms with E-state index in [9.17, 15) is 9.59 Å². The fraction of sp³-hybridized carbons (Fsp3) is 0.435. The van der Waals surface area contributed by atoms with Crippen molar-refractivity contribution >= 4 is 57.3 Å². The number of amides is 3. The molecule has 1 N–H and O–H groups in total. The van der Waals surface area contributed by atoms with Crippen molar-refractivity contribution in [2.45, 2.75) is 53.5 Å². The zero-order valence-corrected chi connectivity index (χ0v) is 22.5. The number of carbonyl (C=O) groups is 2. The molecule has 32 heavy (non-hydrogen) atoms. The van der Waals surface area contributed by atoms with Crippen molar-refractivity contribution in [2.24, 2.45) is 5.10 Å². The molecule has 1 saturated heterocycles. The molecule has 1 unspecified atom stereocenters. The fourth-order valence-corrected chi connectivity index (χ4v) is 2.68. The van der Waals surface area contributed by atoms with Crippen LogP contribution in [0.5, 0.6) is 0 Å². The van der Waals surface area contributed by atoms with E-state index in [4.69, 9.17) is 23.2 Å². The summed E-state index contributed by atoms with van der Waals surface area (Å²) in [4.78, 5) is 25.8. The molecule has 2 rings (SSSR count). The first-order valence-electron chi connectivity index (χ1n) is 10.1. The Balaban J connectivity index is 0.000000906. The van der Waals surface area contributed by atoms with E-state index in [1.54, 1.807) is 24.1 Å². The lowest BCUT2D eigenvalue weighted by Gasteiger charge is -2.22. The van der Waals surface area contributed by atoms with Crippen LogP contribution in [0.15, 0.2) is 62.3 Å². The second-order valence-electron chi connectivity index (χ2n) is 7.40. The molecule has 0 saturated carbocycles. The predicted molar refractivity (Wildman–Crippen MR) is 140 cm³/mol. The van der Waals surface area contributed by atoms with Gasteiger partial charge in [0.05, 0.1) is 12.6 Å². The van der Waals surface area contributed by atoms with Gasteiger partial charge < -0.3 is 10.2 Å². The molecule has 1 fully saturated rings. The average molecular weight is 548 g/mol. The zero-order valence-electron chi connectivity index (χ0n) is 19.4. The summed E-state index contributed by atoms with van der Waals surface area (Å²) in [6.45, 7) is 17.8. The molecule has 1 atom stereocenters. The molecular weight excluding hydrogens is 515 g/mol. The highest BCUT2D eigenvalue weighted by atomic mass is 79.9. The summed E-state index contributed by atoms with van der Waals surface area (Å²) in [6, 6.07) is -0.592. The minimum atomic E-state index is -0.422. The summed E-state index contributed by atoms with van der Waals surface area (Å²) in [5, 5.41) is 8.77. The molecule has 3 amide bonds. The molecule has 2 aliphatic rings. The molecule has 0 aromatic carbocycles. The van der Waals surface area contributed by atoms with Crippen molar-refractivity contribution in [1.82, 2.24) is 15.2 Å². The third-order valence-electron chi connectivity index (χ3n) is 3.80. The largest absolute Gasteiger partial charge is 0.342 e. The van der Waals surface area contributed by atoms with Crippen LogP contribution in [0.2, 0.25) is 0 Å². The van der Waals surface area contributed by atoms with E-state index in [0.29, 0.717) is 30.2 Å². The molecule has 2 heterocycles. The zero-order chi connectivity index (χ0) is 24.8. The Morgan fingerprint density at radius 1 is 1.25 bits per heavy atom. The van der Waals surface area contributed by atoms with Crippen LogP contribution in [0.25, 0.3) is 0 Å². The predicted octanol–water partition coefficient (Wildman–Crippen LogP) is 6.65. The highest BCUT2D eigenvalue weighted by Crippen LogP contribution is 2.17. The van der Waals surface area contributed by atoms with E-state index in [0.717, 1.165) is 6.42 Å². The maximum absolute atomic E-state index is 12.3. The van der Waals surface area contributed by atoms with Crippen LogP contribution in [0.3, 0.4) is 0 Å². The topological polar surface area (TPSA) is 65.0 Å². The lowest BCUT2D eigenvalue weighted by molar-refractivity contribution is -0.128. The summed E-state index contributed by atoms with van der Waals surface area (Å²) < 4.78 is 1.19. The van der Waals surface area contributed by atoms with Gasteiger partial charge in [-0.1, -0.05) is 57.4 Å². The standard InChI is InChI=1S/C15H18Cl2N4O2.C4H7Br.C4H8/c1-10(16)6-12(7-11(2)17)19-15(23)21-9-13(8-18-21)20-5-3-4-14(20)22;1-3-4(2)5;1-4(2)3/h6-8,13H,1,3-5,9H2,2H3,(H,19,23);3H,1-2H3;1H2,2-3H3/b11-7+,12-6+;4-3+;. The van der Waals surface area contributed by atoms with Gasteiger partial charge in [0.15, 0.2) is 0 Å². The Bertz CT molecular complexity index is 807. The van der Waals surface area contributed by atoms with E-state index in [1.165, 1.54) is 21.1 Å². The Kier molecular flexibility index (Phi) is 15.0. The average Bonchev–Trinajstić information content (AvgIpc) is 3.29. The Hall–Kier alpha value is -1.83. The van der Waals surface area contributed by atoms with Crippen LogP contribution in [0.4, 0.5) is 4.79 Å². The lowest BCUT2D eigenvalue weighted by Crippen LogP contribution is -2.43. The molecule has 0 radical (unpaired) electrons. The molecule has 0 aromatic heterocycles. The first-order valence-corrected chi connectivity index (χ1v) is 11.6. The van der Waals surface area contributed by atoms with E-state index in [1.807, 2.05) is 33.8 Å². The summed E-state index contributed by atoms with van der Waals surface area (Å²) >= 11 is 14.8. The number of likely N-dealkylation sites (tertiary alicyclic amines) is 1. The van der Waals surface area contributed by atoms with Crippen LogP contribution in [0, 0.1) is 0 Å². The Labute approximate surface area is 210 Å². The fourth-order valence-electron chi connectivity index (χ4n) is 2.45. The van der Waals surface area contributed by atoms with Crippen molar-refractivity contribution < 1.29 is 9.59 Å². The minimum absolute atomic E-state index is 0.100. The van der Waals surface area contributed by atoms with Crippen LogP contribution in [0.1, 0.15) is 47.5 Å². The second-order valence-corrected chi connectivity index (χ2v) is 9.73. The van der Waals surface area contributed by atoms with Gasteiger partial charge in [0, 0.05) is 34.9 Å². The number of carbonyl (C=O) groups excluding carboxylic acids is 2. The van der Waals surface area contributed by atoms with Crippen molar-refractivity contribution in [2.75, 3.05) is 13.1 Å². The van der Waals surface area contributed by atoms with Crippen LogP contribution in [-0.2, 0) is 4.79 Å². The van der Waals surface area contributed by atoms with Gasteiger partial charge in [0.25, 0.3) is 0 Å². The van der Waals surface area contributed by atoms with Gasteiger partial charge in [-0.3, -0.25) is 4.79 Å². The number of urea groups is 1. The van der Waals surface area contributed by atoms with Gasteiger partial charge >= 0.3 is 6.03 Å². The van der Waals surface area contributed by atoms with E-state index in [2.05, 4.69) is 39.5 Å². The number of allylic oxidation sites excluding steroid dienone is 7. The second kappa shape index (κ2) is 15.9. The van der Waals surface area contributed by atoms with Crippen molar-refractivity contribution in [3.63, 3.8) is 0 Å². The van der Waals surface area contributed by atoms with E-state index >= 15 is 0 Å². The molecule has 0 aliphatic carbocycles. The number of rotatable bonds is 4. The third-order valence-corrected chi connectivity index (χ3v) is 4.47. The maximum Gasteiger partial charge on any atom is 0.342 e. The van der Waals surface area contributed by atoms with Crippen molar-refractivity contribution in [3.8, 4) is 0 Å². The minimum Gasteiger partial charge on any atom is -0.333 e. The molecule has 0 bridgehead atoms. The first-order chi connectivity index (χ1) is 14.9. The summed E-state index contributed by atoms with van der Waals surface area (Å²) in [7, 11) is 0. The number of nitrogens with zero attached hydrogens (tertiary/aromatic N) is 3. The molecule has 0 spiro atoms. The van der Waals surface area contributed by atoms with Crippen molar-refractivity contribution in [3.05, 3.63) is 57.2 Å². The summed E-state index contributed by atoms with van der Waals surface area (Å²) in [5.41, 5.74) is 1.58. The number of hydrogen-bond donors (Lipinski definition) is 1. The van der Waals surface area contributed by atoms with Crippen LogP contribution < -0.4 is 5.32 Å². The maximum atomic E-state index is 12.3. The van der Waals surface area contributed by atoms with Crippen LogP contribution in [-0.4, -0.2) is 47.2 Å². The van der Waals surface area contributed by atoms with Gasteiger partial charge in [-0.25, -0.2) is 9.80 Å². The van der Waals surface area contributed by atoms with Crippen LogP contribution >= 0.6 is 39.1 Å². The SMILES string of the molecule is C/C=C(\C)Br.C=C(C)C.C=C(Cl)/C=C(\C=C(/C)Cl)NC(=O)N1CC(N2CCCC2=O)C=N1. The first kappa shape index (κ1) is 30.2. The molecular formula is C23H33BrCl2N4O2. The highest BCUT2D eigenvalue weighted by molar-refractivity contribution is 9.11. The number of halogens is 3. The quantitative estimate of drug-likeness (QED) is 0.316. The monoisotopic (exact) mass is 546 g/mol. The molecule has 2 aliphatic heterocycles. The van der Waals surface area contributed by atoms with Gasteiger partial charge in [0.2, 0.25) is 5.91 Å². The van der Waals surface area contributed by atoms with Crippen molar-refractivity contribution in [1.29, 1.82) is 0 Å². The molecule has 9 heteroatoms. The number of nitrogens with one attached hydrogen (secondary N) is 1. The normalized spacial score (nSPS) is 18.6. The van der Waals surface area contributed by atoms with Gasteiger partial charge in [-0.05, 0) is 57.7 Å². The number of hydrogen-bond acceptors (Lipinski definition) is 3. The number of hydrazone groups is 1. The van der Waals surface area contributed by atoms with E-state index in [-0.39, 0.29) is 17.0 Å². The summed E-state index contributed by atoms with van der Waals surface area (Å²) in [5.74, 6) is 0.100. The van der Waals surface area contributed by atoms with Gasteiger partial charge in [-0.15, -0.1) is 6.58 Å². The Morgan fingerprint density at radius 2 is 1.81 bits per heavy atom. The molecule has 6 nitrogen and oxygen atoms in total. The Morgan fingerprint density at radius 3 is 2.22 bits per heavy atom. The molecule has 0 aromatic rings. The third kappa shape index (κ3) is 13.6. The summed E-state index contributed by atoms with van der Waals surface area (Å²) in [6.07, 6.45) is 8.08. The van der Waals surface area contributed by atoms with Gasteiger partial charge in [0.1, 0.15) is 0 Å². The van der Waals surface area contributed by atoms with E-state index < -0.39 is 6.03 Å². The molecule has 178 valence electrons. The highest BCUT2D eigenvalue weighted by Gasteiger charge is 2.32. The lowest BCUT2D eigenvalue weighted by atomic mass is 10.3.